The lowest BCUT2D eigenvalue weighted by atomic mass is 10.0. The lowest BCUT2D eigenvalue weighted by Crippen LogP contribution is -2.30. The lowest BCUT2D eigenvalue weighted by molar-refractivity contribution is -0.161. The van der Waals surface area contributed by atoms with E-state index in [1.165, 1.54) is 135 Å². The molecule has 0 aromatic heterocycles. The fourth-order valence-corrected chi connectivity index (χ4v) is 9.23. The number of carbonyl (C=O) groups excluding carboxylic acids is 3. The molecule has 0 aliphatic rings. The van der Waals surface area contributed by atoms with E-state index in [1.807, 2.05) is 6.08 Å². The maximum absolute atomic E-state index is 12.9. The van der Waals surface area contributed by atoms with Crippen LogP contribution in [0.15, 0.2) is 72.9 Å². The summed E-state index contributed by atoms with van der Waals surface area (Å²) in [6, 6.07) is 0. The third kappa shape index (κ3) is 55.7. The molecule has 0 aromatic carbocycles. The van der Waals surface area contributed by atoms with E-state index in [4.69, 9.17) is 23.3 Å². The zero-order chi connectivity index (χ0) is 55.5. The number of allylic oxidation sites excluding steroid dienone is 12. The molecule has 0 fully saturated rings. The van der Waals surface area contributed by atoms with Gasteiger partial charge in [0.15, 0.2) is 6.10 Å². The van der Waals surface area contributed by atoms with Crippen molar-refractivity contribution in [3.05, 3.63) is 72.9 Å². The maximum atomic E-state index is 12.9. The Bertz CT molecular complexity index is 1550. The molecule has 0 bridgehead atoms. The Labute approximate surface area is 465 Å². The van der Waals surface area contributed by atoms with Crippen LogP contribution < -0.4 is 0 Å². The van der Waals surface area contributed by atoms with Gasteiger partial charge in [0.25, 0.3) is 0 Å². The first kappa shape index (κ1) is 72.9. The van der Waals surface area contributed by atoms with E-state index in [0.717, 1.165) is 77.0 Å². The monoisotopic (exact) mass is 1090 g/mol. The van der Waals surface area contributed by atoms with E-state index in [2.05, 4.69) is 87.6 Å². The van der Waals surface area contributed by atoms with Gasteiger partial charge in [0.1, 0.15) is 12.7 Å². The summed E-state index contributed by atoms with van der Waals surface area (Å²) < 4.78 is 39.6. The summed E-state index contributed by atoms with van der Waals surface area (Å²) in [6.07, 6.45) is 65.8. The van der Waals surface area contributed by atoms with Crippen LogP contribution in [0.2, 0.25) is 0 Å². The van der Waals surface area contributed by atoms with Crippen molar-refractivity contribution in [1.29, 1.82) is 0 Å². The van der Waals surface area contributed by atoms with Gasteiger partial charge in [-0.3, -0.25) is 23.4 Å². The number of hydrogen-bond donors (Lipinski definition) is 2. The highest BCUT2D eigenvalue weighted by Gasteiger charge is 2.28. The summed E-state index contributed by atoms with van der Waals surface area (Å²) in [5.74, 6) is -1.53. The van der Waals surface area contributed by atoms with Gasteiger partial charge in [0.2, 0.25) is 0 Å². The lowest BCUT2D eigenvalue weighted by Gasteiger charge is -2.21. The van der Waals surface area contributed by atoms with Crippen LogP contribution in [0, 0.1) is 0 Å². The van der Waals surface area contributed by atoms with Gasteiger partial charge < -0.3 is 24.2 Å². The SMILES string of the molecule is CC/C=C\C/C=C\C/C=C\C/C=C\C/C=C\CCCC(=O)OC(COC(=O)CCCCCCCCCCCCCCCCC)COP(=O)(O)OCC(CO)OC(=O)CCCCCCCCC/C=C\CCCCCCCC. The molecular formula is C64H113O11P. The third-order valence-electron chi connectivity index (χ3n) is 13.1. The minimum absolute atomic E-state index is 0.0895. The van der Waals surface area contributed by atoms with Crippen molar-refractivity contribution in [1.82, 2.24) is 0 Å². The Morgan fingerprint density at radius 2 is 0.697 bits per heavy atom. The van der Waals surface area contributed by atoms with Crippen molar-refractivity contribution < 1.29 is 52.2 Å². The van der Waals surface area contributed by atoms with Gasteiger partial charge in [-0.15, -0.1) is 0 Å². The summed E-state index contributed by atoms with van der Waals surface area (Å²) in [6.45, 7) is 4.50. The van der Waals surface area contributed by atoms with Gasteiger partial charge in [-0.2, -0.15) is 0 Å². The number of phosphoric ester groups is 1. The van der Waals surface area contributed by atoms with Crippen molar-refractivity contribution in [2.45, 2.75) is 290 Å². The van der Waals surface area contributed by atoms with Gasteiger partial charge in [-0.1, -0.05) is 248 Å². The second-order valence-electron chi connectivity index (χ2n) is 20.5. The molecule has 0 spiro atoms. The molecule has 0 amide bonds. The van der Waals surface area contributed by atoms with Gasteiger partial charge in [-0.05, 0) is 83.5 Å². The second kappa shape index (κ2) is 58.1. The average molecular weight is 1090 g/mol. The van der Waals surface area contributed by atoms with Crippen molar-refractivity contribution in [2.75, 3.05) is 26.4 Å². The Morgan fingerprint density at radius 3 is 1.12 bits per heavy atom. The molecule has 0 aromatic rings. The fraction of sp³-hybridized carbons (Fsp3) is 0.766. The number of unbranched alkanes of at least 4 members (excludes halogenated alkanes) is 28. The number of aliphatic hydroxyl groups excluding tert-OH is 1. The predicted octanol–water partition coefficient (Wildman–Crippen LogP) is 18.5. The Morgan fingerprint density at radius 1 is 0.382 bits per heavy atom. The molecule has 0 radical (unpaired) electrons. The van der Waals surface area contributed by atoms with Gasteiger partial charge in [0, 0.05) is 19.3 Å². The van der Waals surface area contributed by atoms with Gasteiger partial charge >= 0.3 is 25.7 Å². The average Bonchev–Trinajstić information content (AvgIpc) is 3.41. The van der Waals surface area contributed by atoms with Crippen molar-refractivity contribution >= 4 is 25.7 Å². The molecule has 0 saturated heterocycles. The highest BCUT2D eigenvalue weighted by molar-refractivity contribution is 7.47. The molecule has 76 heavy (non-hydrogen) atoms. The zero-order valence-electron chi connectivity index (χ0n) is 48.7. The molecule has 3 unspecified atom stereocenters. The first-order valence-corrected chi connectivity index (χ1v) is 32.3. The smallest absolute Gasteiger partial charge is 0.462 e. The Hall–Kier alpha value is -3.08. The molecule has 0 saturated carbocycles. The van der Waals surface area contributed by atoms with Crippen LogP contribution in [0.4, 0.5) is 0 Å². The van der Waals surface area contributed by atoms with E-state index < -0.39 is 57.8 Å². The summed E-state index contributed by atoms with van der Waals surface area (Å²) in [5.41, 5.74) is 0. The first-order valence-electron chi connectivity index (χ1n) is 30.8. The second-order valence-corrected chi connectivity index (χ2v) is 21.9. The zero-order valence-corrected chi connectivity index (χ0v) is 49.6. The highest BCUT2D eigenvalue weighted by atomic mass is 31.2. The summed E-state index contributed by atoms with van der Waals surface area (Å²) in [4.78, 5) is 48.6. The van der Waals surface area contributed by atoms with E-state index in [9.17, 15) is 28.9 Å². The highest BCUT2D eigenvalue weighted by Crippen LogP contribution is 2.43. The number of hydrogen-bond acceptors (Lipinski definition) is 10. The molecule has 11 nitrogen and oxygen atoms in total. The molecule has 0 heterocycles. The fourth-order valence-electron chi connectivity index (χ4n) is 8.45. The molecule has 0 aliphatic carbocycles. The van der Waals surface area contributed by atoms with Crippen LogP contribution >= 0.6 is 7.82 Å². The number of phosphoric acid groups is 1. The van der Waals surface area contributed by atoms with Crippen LogP contribution in [-0.4, -0.2) is 66.5 Å². The largest absolute Gasteiger partial charge is 0.472 e. The minimum Gasteiger partial charge on any atom is -0.462 e. The molecule has 12 heteroatoms. The van der Waals surface area contributed by atoms with Crippen LogP contribution in [0.25, 0.3) is 0 Å². The van der Waals surface area contributed by atoms with Crippen molar-refractivity contribution in [3.63, 3.8) is 0 Å². The van der Waals surface area contributed by atoms with Crippen LogP contribution in [0.3, 0.4) is 0 Å². The minimum atomic E-state index is -4.77. The molecule has 0 aliphatic heterocycles. The summed E-state index contributed by atoms with van der Waals surface area (Å²) >= 11 is 0. The normalized spacial score (nSPS) is 13.8. The Balaban J connectivity index is 4.76. The van der Waals surface area contributed by atoms with Crippen LogP contribution in [0.1, 0.15) is 278 Å². The maximum Gasteiger partial charge on any atom is 0.472 e. The number of carbonyl (C=O) groups is 3. The predicted molar refractivity (Wildman–Crippen MR) is 316 cm³/mol. The van der Waals surface area contributed by atoms with Gasteiger partial charge in [0.05, 0.1) is 19.8 Å². The molecule has 0 rings (SSSR count). The first-order chi connectivity index (χ1) is 37.2. The van der Waals surface area contributed by atoms with Crippen LogP contribution in [0.5, 0.6) is 0 Å². The number of aliphatic hydroxyl groups is 1. The van der Waals surface area contributed by atoms with Crippen molar-refractivity contribution in [2.24, 2.45) is 0 Å². The number of rotatable bonds is 57. The van der Waals surface area contributed by atoms with E-state index >= 15 is 0 Å². The molecule has 3 atom stereocenters. The van der Waals surface area contributed by atoms with Gasteiger partial charge in [-0.25, -0.2) is 4.57 Å². The topological polar surface area (TPSA) is 155 Å². The van der Waals surface area contributed by atoms with E-state index in [1.54, 1.807) is 0 Å². The molecular weight excluding hydrogens is 976 g/mol. The quantitative estimate of drug-likeness (QED) is 0.0197. The van der Waals surface area contributed by atoms with E-state index in [-0.39, 0.29) is 25.9 Å². The Kier molecular flexibility index (Phi) is 55.7. The van der Waals surface area contributed by atoms with Crippen molar-refractivity contribution in [3.8, 4) is 0 Å². The standard InChI is InChI=1S/C64H113O11P/c1-4-7-10-13-16-19-22-25-28-30-33-36-39-42-45-48-51-54-63(67)74-60(56-65)58-72-76(69,70)73-59-61(57-71-62(66)53-50-47-44-41-38-35-32-27-24-21-18-15-12-9-6-3)75-64(68)55-52-49-46-43-40-37-34-31-29-26-23-20-17-14-11-8-5-2/h8,11,17,20,25-26,28-29,34,37,43,46,60-61,65H,4-7,9-10,12-16,18-19,21-24,27,30-33,35-36,38-42,44-45,47-59H2,1-3H3,(H,69,70)/b11-8-,20-17-,28-25-,29-26-,37-34-,46-43-. The number of ether oxygens (including phenoxy) is 3. The number of esters is 3. The molecule has 440 valence electrons. The van der Waals surface area contributed by atoms with Crippen LogP contribution in [-0.2, 0) is 42.2 Å². The summed E-state index contributed by atoms with van der Waals surface area (Å²) in [7, 11) is -4.77. The third-order valence-corrected chi connectivity index (χ3v) is 14.1. The van der Waals surface area contributed by atoms with E-state index in [0.29, 0.717) is 25.7 Å². The summed E-state index contributed by atoms with van der Waals surface area (Å²) in [5, 5.41) is 9.84. The molecule has 2 N–H and O–H groups in total.